The third-order valence-corrected chi connectivity index (χ3v) is 3.61. The first-order chi connectivity index (χ1) is 9.00. The summed E-state index contributed by atoms with van der Waals surface area (Å²) in [7, 11) is 0. The third kappa shape index (κ3) is 2.58. The molecule has 1 aromatic heterocycles. The molecule has 0 aliphatic carbocycles. The summed E-state index contributed by atoms with van der Waals surface area (Å²) in [6.07, 6.45) is 0. The van der Waals surface area contributed by atoms with Gasteiger partial charge >= 0.3 is 0 Å². The van der Waals surface area contributed by atoms with Gasteiger partial charge in [-0.05, 0) is 36.1 Å². The molecule has 2 rings (SSSR count). The average Bonchev–Trinajstić information content (AvgIpc) is 2.80. The van der Waals surface area contributed by atoms with Crippen LogP contribution in [-0.2, 0) is 0 Å². The maximum absolute atomic E-state index is 12.1. The second-order valence-electron chi connectivity index (χ2n) is 4.00. The van der Waals surface area contributed by atoms with E-state index in [1.165, 1.54) is 11.3 Å². The molecule has 0 radical (unpaired) electrons. The van der Waals surface area contributed by atoms with Crippen LogP contribution < -0.4 is 16.8 Å². The van der Waals surface area contributed by atoms with Crippen LogP contribution in [-0.4, -0.2) is 11.8 Å². The zero-order chi connectivity index (χ0) is 14.0. The highest BCUT2D eigenvalue weighted by atomic mass is 32.1. The van der Waals surface area contributed by atoms with Gasteiger partial charge in [0.2, 0.25) is 0 Å². The van der Waals surface area contributed by atoms with Gasteiger partial charge in [0.25, 0.3) is 11.8 Å². The summed E-state index contributed by atoms with van der Waals surface area (Å²) in [5.74, 6) is -0.879. The lowest BCUT2D eigenvalue weighted by molar-refractivity contribution is 0.100. The summed E-state index contributed by atoms with van der Waals surface area (Å²) in [5.41, 5.74) is 13.0. The van der Waals surface area contributed by atoms with E-state index in [-0.39, 0.29) is 5.91 Å². The van der Waals surface area contributed by atoms with Gasteiger partial charge in [0, 0.05) is 11.3 Å². The van der Waals surface area contributed by atoms with Crippen molar-refractivity contribution >= 4 is 33.8 Å². The molecule has 0 aliphatic rings. The van der Waals surface area contributed by atoms with Crippen molar-refractivity contribution in [1.82, 2.24) is 0 Å². The van der Waals surface area contributed by atoms with Crippen molar-refractivity contribution in [2.24, 2.45) is 5.73 Å². The molecule has 0 aliphatic heterocycles. The van der Waals surface area contributed by atoms with E-state index in [1.807, 2.05) is 0 Å². The Kier molecular flexibility index (Phi) is 3.52. The van der Waals surface area contributed by atoms with E-state index in [9.17, 15) is 9.59 Å². The molecule has 0 saturated heterocycles. The minimum absolute atomic E-state index is 0.305. The van der Waals surface area contributed by atoms with Crippen molar-refractivity contribution in [3.8, 4) is 0 Å². The Morgan fingerprint density at radius 1 is 1.21 bits per heavy atom. The number of hydrogen-bond acceptors (Lipinski definition) is 4. The molecule has 19 heavy (non-hydrogen) atoms. The smallest absolute Gasteiger partial charge is 0.256 e. The molecule has 5 N–H and O–H groups in total. The number of nitrogens with one attached hydrogen (secondary N) is 1. The Morgan fingerprint density at radius 2 is 1.95 bits per heavy atom. The second-order valence-corrected chi connectivity index (χ2v) is 4.92. The number of primary amides is 1. The number of nitrogens with two attached hydrogens (primary N) is 2. The first-order valence-electron chi connectivity index (χ1n) is 5.54. The highest BCUT2D eigenvalue weighted by Gasteiger charge is 2.15. The average molecular weight is 275 g/mol. The van der Waals surface area contributed by atoms with Crippen molar-refractivity contribution in [3.63, 3.8) is 0 Å². The van der Waals surface area contributed by atoms with Gasteiger partial charge in [-0.15, -0.1) is 11.3 Å². The lowest BCUT2D eigenvalue weighted by Crippen LogP contribution is -2.17. The number of anilines is 2. The Labute approximate surface area is 114 Å². The van der Waals surface area contributed by atoms with Crippen LogP contribution in [0.25, 0.3) is 0 Å². The molecule has 2 aromatic rings. The lowest BCUT2D eigenvalue weighted by Gasteiger charge is -2.08. The van der Waals surface area contributed by atoms with Crippen LogP contribution >= 0.6 is 11.3 Å². The van der Waals surface area contributed by atoms with Gasteiger partial charge in [0.15, 0.2) is 0 Å². The van der Waals surface area contributed by atoms with Gasteiger partial charge in [-0.25, -0.2) is 0 Å². The standard InChI is InChI=1S/C13H13N3O2S/c1-7-8(3-2-4-10(7)14)12(18)16-13-9(11(15)17)5-6-19-13/h2-6H,14H2,1H3,(H2,15,17)(H,16,18). The van der Waals surface area contributed by atoms with E-state index in [0.717, 1.165) is 0 Å². The van der Waals surface area contributed by atoms with Crippen molar-refractivity contribution in [2.75, 3.05) is 11.1 Å². The molecule has 0 saturated carbocycles. The van der Waals surface area contributed by atoms with Gasteiger partial charge in [-0.1, -0.05) is 6.07 Å². The zero-order valence-corrected chi connectivity index (χ0v) is 11.1. The maximum Gasteiger partial charge on any atom is 0.256 e. The number of rotatable bonds is 3. The van der Waals surface area contributed by atoms with Crippen LogP contribution in [0.1, 0.15) is 26.3 Å². The number of carbonyl (C=O) groups excluding carboxylic acids is 2. The summed E-state index contributed by atoms with van der Waals surface area (Å²) in [5, 5.41) is 4.82. The molecule has 0 atom stereocenters. The molecule has 5 nitrogen and oxygen atoms in total. The number of carbonyl (C=O) groups is 2. The summed E-state index contributed by atoms with van der Waals surface area (Å²) >= 11 is 1.25. The number of benzene rings is 1. The largest absolute Gasteiger partial charge is 0.398 e. The molecular weight excluding hydrogens is 262 g/mol. The van der Waals surface area contributed by atoms with Crippen LogP contribution in [0.5, 0.6) is 0 Å². The monoisotopic (exact) mass is 275 g/mol. The highest BCUT2D eigenvalue weighted by Crippen LogP contribution is 2.24. The summed E-state index contributed by atoms with van der Waals surface area (Å²) in [6, 6.07) is 6.69. The normalized spacial score (nSPS) is 10.2. The Balaban J connectivity index is 2.29. The predicted octanol–water partition coefficient (Wildman–Crippen LogP) is 1.99. The minimum atomic E-state index is -0.569. The fraction of sp³-hybridized carbons (Fsp3) is 0.0769. The van der Waals surface area contributed by atoms with E-state index < -0.39 is 5.91 Å². The summed E-state index contributed by atoms with van der Waals surface area (Å²) in [6.45, 7) is 1.77. The van der Waals surface area contributed by atoms with Gasteiger partial charge in [0.05, 0.1) is 5.56 Å². The van der Waals surface area contributed by atoms with Gasteiger partial charge < -0.3 is 16.8 Å². The molecule has 6 heteroatoms. The molecule has 0 fully saturated rings. The van der Waals surface area contributed by atoms with E-state index in [1.54, 1.807) is 36.6 Å². The fourth-order valence-corrected chi connectivity index (χ4v) is 2.46. The maximum atomic E-state index is 12.1. The summed E-state index contributed by atoms with van der Waals surface area (Å²) < 4.78 is 0. The van der Waals surface area contributed by atoms with Crippen molar-refractivity contribution < 1.29 is 9.59 Å². The molecular formula is C13H13N3O2S. The quantitative estimate of drug-likeness (QED) is 0.747. The lowest BCUT2D eigenvalue weighted by atomic mass is 10.1. The Morgan fingerprint density at radius 3 is 2.63 bits per heavy atom. The molecule has 0 unspecified atom stereocenters. The topological polar surface area (TPSA) is 98.2 Å². The van der Waals surface area contributed by atoms with Crippen LogP contribution in [0, 0.1) is 6.92 Å². The highest BCUT2D eigenvalue weighted by molar-refractivity contribution is 7.14. The van der Waals surface area contributed by atoms with E-state index in [4.69, 9.17) is 11.5 Å². The number of thiophene rings is 1. The molecule has 2 amide bonds. The SMILES string of the molecule is Cc1c(N)cccc1C(=O)Nc1sccc1C(N)=O. The van der Waals surface area contributed by atoms with Crippen molar-refractivity contribution in [1.29, 1.82) is 0 Å². The number of nitrogen functional groups attached to an aromatic ring is 1. The van der Waals surface area contributed by atoms with Crippen molar-refractivity contribution in [2.45, 2.75) is 6.92 Å². The van der Waals surface area contributed by atoms with E-state index >= 15 is 0 Å². The van der Waals surface area contributed by atoms with Gasteiger partial charge in [-0.2, -0.15) is 0 Å². The summed E-state index contributed by atoms with van der Waals surface area (Å²) in [4.78, 5) is 23.3. The van der Waals surface area contributed by atoms with Crippen LogP contribution in [0.2, 0.25) is 0 Å². The molecule has 0 bridgehead atoms. The third-order valence-electron chi connectivity index (χ3n) is 2.78. The van der Waals surface area contributed by atoms with Gasteiger partial charge in [0.1, 0.15) is 5.00 Å². The molecule has 1 heterocycles. The Bertz CT molecular complexity index is 649. The number of amides is 2. The minimum Gasteiger partial charge on any atom is -0.398 e. The molecule has 98 valence electrons. The number of hydrogen-bond donors (Lipinski definition) is 3. The van der Waals surface area contributed by atoms with E-state index in [0.29, 0.717) is 27.4 Å². The zero-order valence-electron chi connectivity index (χ0n) is 10.3. The second kappa shape index (κ2) is 5.11. The van der Waals surface area contributed by atoms with E-state index in [2.05, 4.69) is 5.32 Å². The Hall–Kier alpha value is -2.34. The fourth-order valence-electron chi connectivity index (χ4n) is 1.67. The molecule has 0 spiro atoms. The van der Waals surface area contributed by atoms with Crippen LogP contribution in [0.3, 0.4) is 0 Å². The first-order valence-corrected chi connectivity index (χ1v) is 6.42. The van der Waals surface area contributed by atoms with Crippen LogP contribution in [0.4, 0.5) is 10.7 Å². The first kappa shape index (κ1) is 13.1. The van der Waals surface area contributed by atoms with Crippen molar-refractivity contribution in [3.05, 3.63) is 46.3 Å². The van der Waals surface area contributed by atoms with Crippen LogP contribution in [0.15, 0.2) is 29.6 Å². The predicted molar refractivity (Wildman–Crippen MR) is 76.4 cm³/mol. The van der Waals surface area contributed by atoms with Gasteiger partial charge in [-0.3, -0.25) is 9.59 Å². The molecule has 1 aromatic carbocycles.